The fourth-order valence-corrected chi connectivity index (χ4v) is 3.32. The lowest BCUT2D eigenvalue weighted by Gasteiger charge is -2.43. The number of rotatable bonds is 3. The van der Waals surface area contributed by atoms with Gasteiger partial charge in [-0.05, 0) is 37.0 Å². The molecule has 0 aromatic heterocycles. The topological polar surface area (TPSA) is 58.6 Å². The number of fused-ring (bicyclic) bond motifs is 2. The zero-order valence-corrected chi connectivity index (χ0v) is 11.8. The van der Waals surface area contributed by atoms with Gasteiger partial charge in [-0.2, -0.15) is 0 Å². The molecule has 0 radical (unpaired) electrons. The van der Waals surface area contributed by atoms with Gasteiger partial charge in [0.25, 0.3) is 0 Å². The van der Waals surface area contributed by atoms with E-state index < -0.39 is 6.10 Å². The molecule has 1 aromatic rings. The first-order chi connectivity index (χ1) is 10.1. The summed E-state index contributed by atoms with van der Waals surface area (Å²) in [5.74, 6) is -0.304. The maximum Gasteiger partial charge on any atom is 0.224 e. The number of aliphatic hydroxyl groups excluding tert-OH is 1. The van der Waals surface area contributed by atoms with Gasteiger partial charge in [0, 0.05) is 12.0 Å². The Morgan fingerprint density at radius 2 is 2.10 bits per heavy atom. The number of nitrogens with one attached hydrogen (secondary N) is 1. The summed E-state index contributed by atoms with van der Waals surface area (Å²) in [5.41, 5.74) is 0.787. The van der Waals surface area contributed by atoms with Gasteiger partial charge in [0.2, 0.25) is 5.91 Å². The zero-order valence-electron chi connectivity index (χ0n) is 11.8. The Morgan fingerprint density at radius 1 is 1.33 bits per heavy atom. The molecule has 2 N–H and O–H groups in total. The van der Waals surface area contributed by atoms with Crippen LogP contribution in [0.25, 0.3) is 0 Å². The van der Waals surface area contributed by atoms with Crippen molar-refractivity contribution in [1.29, 1.82) is 0 Å². The fraction of sp³-hybridized carbons (Fsp3) is 0.562. The third-order valence-corrected chi connectivity index (χ3v) is 4.47. The van der Waals surface area contributed by atoms with Crippen molar-refractivity contribution in [2.75, 3.05) is 6.61 Å². The minimum atomic E-state index is -0.502. The summed E-state index contributed by atoms with van der Waals surface area (Å²) >= 11 is 0. The molecule has 4 nitrogen and oxygen atoms in total. The lowest BCUT2D eigenvalue weighted by atomic mass is 9.77. The maximum atomic E-state index is 12.8. The van der Waals surface area contributed by atoms with Crippen molar-refractivity contribution >= 4 is 5.91 Å². The second kappa shape index (κ2) is 6.12. The standard InChI is InChI=1S/C16H20FNO3/c17-11-3-1-10(2-4-11)7-16(20)18-14-6-5-12-8-13(14)15(19)9-21-12/h1-4,12-15,19H,5-9H2,(H,18,20)/t12-,13+,14-,15+/m1/s1. The van der Waals surface area contributed by atoms with E-state index in [4.69, 9.17) is 4.74 Å². The van der Waals surface area contributed by atoms with Crippen LogP contribution in [0, 0.1) is 11.7 Å². The second-order valence-corrected chi connectivity index (χ2v) is 5.98. The SMILES string of the molecule is O=C(Cc1ccc(F)cc1)N[C@@H]1CC[C@@H]2C[C@@H]1[C@@H](O)CO2. The Balaban J connectivity index is 1.58. The quantitative estimate of drug-likeness (QED) is 0.886. The van der Waals surface area contributed by atoms with E-state index in [1.807, 2.05) is 0 Å². The van der Waals surface area contributed by atoms with Gasteiger partial charge < -0.3 is 15.2 Å². The van der Waals surface area contributed by atoms with Crippen LogP contribution in [0.2, 0.25) is 0 Å². The Morgan fingerprint density at radius 3 is 2.86 bits per heavy atom. The van der Waals surface area contributed by atoms with Crippen LogP contribution in [0.15, 0.2) is 24.3 Å². The molecule has 21 heavy (non-hydrogen) atoms. The number of hydrogen-bond acceptors (Lipinski definition) is 3. The first kappa shape index (κ1) is 14.5. The van der Waals surface area contributed by atoms with E-state index in [0.29, 0.717) is 6.61 Å². The van der Waals surface area contributed by atoms with E-state index in [9.17, 15) is 14.3 Å². The first-order valence-corrected chi connectivity index (χ1v) is 7.45. The molecule has 0 spiro atoms. The molecule has 1 saturated heterocycles. The van der Waals surface area contributed by atoms with Crippen LogP contribution in [0.3, 0.4) is 0 Å². The average molecular weight is 293 g/mol. The molecule has 1 heterocycles. The number of hydrogen-bond donors (Lipinski definition) is 2. The molecule has 2 bridgehead atoms. The number of halogens is 1. The monoisotopic (exact) mass is 293 g/mol. The van der Waals surface area contributed by atoms with Gasteiger partial charge in [0.05, 0.1) is 25.2 Å². The molecular formula is C16H20FNO3. The summed E-state index contributed by atoms with van der Waals surface area (Å²) in [5, 5.41) is 13.0. The molecule has 3 rings (SSSR count). The summed E-state index contributed by atoms with van der Waals surface area (Å²) in [6, 6.07) is 5.96. The molecule has 5 heteroatoms. The second-order valence-electron chi connectivity index (χ2n) is 5.98. The van der Waals surface area contributed by atoms with Gasteiger partial charge >= 0.3 is 0 Å². The van der Waals surface area contributed by atoms with E-state index in [1.54, 1.807) is 12.1 Å². The van der Waals surface area contributed by atoms with Gasteiger partial charge in [0.1, 0.15) is 5.82 Å². The van der Waals surface area contributed by atoms with Crippen molar-refractivity contribution in [1.82, 2.24) is 5.32 Å². The van der Waals surface area contributed by atoms with Gasteiger partial charge in [-0.3, -0.25) is 4.79 Å². The van der Waals surface area contributed by atoms with Crippen LogP contribution in [-0.4, -0.2) is 35.9 Å². The van der Waals surface area contributed by atoms with Crippen molar-refractivity contribution < 1.29 is 19.0 Å². The molecule has 1 amide bonds. The van der Waals surface area contributed by atoms with E-state index in [-0.39, 0.29) is 36.2 Å². The molecule has 4 atom stereocenters. The van der Waals surface area contributed by atoms with Crippen molar-refractivity contribution in [2.45, 2.75) is 43.9 Å². The van der Waals surface area contributed by atoms with E-state index in [0.717, 1.165) is 24.8 Å². The molecule has 0 unspecified atom stereocenters. The lowest BCUT2D eigenvalue weighted by Crippen LogP contribution is -2.53. The highest BCUT2D eigenvalue weighted by molar-refractivity contribution is 5.78. The fourth-order valence-electron chi connectivity index (χ4n) is 3.32. The molecule has 2 fully saturated rings. The molecule has 2 aliphatic rings. The van der Waals surface area contributed by atoms with Crippen LogP contribution in [0.4, 0.5) is 4.39 Å². The first-order valence-electron chi connectivity index (χ1n) is 7.45. The van der Waals surface area contributed by atoms with Crippen molar-refractivity contribution in [3.63, 3.8) is 0 Å². The number of amides is 1. The van der Waals surface area contributed by atoms with Gasteiger partial charge in [-0.1, -0.05) is 12.1 Å². The molecule has 1 aliphatic heterocycles. The predicted octanol–water partition coefficient (Wildman–Crippen LogP) is 1.41. The van der Waals surface area contributed by atoms with Crippen molar-refractivity contribution in [3.05, 3.63) is 35.6 Å². The summed E-state index contributed by atoms with van der Waals surface area (Å²) in [4.78, 5) is 12.1. The molecule has 1 aliphatic carbocycles. The van der Waals surface area contributed by atoms with E-state index >= 15 is 0 Å². The average Bonchev–Trinajstić information content (AvgIpc) is 2.48. The van der Waals surface area contributed by atoms with Crippen molar-refractivity contribution in [3.8, 4) is 0 Å². The smallest absolute Gasteiger partial charge is 0.224 e. The Kier molecular flexibility index (Phi) is 4.22. The van der Waals surface area contributed by atoms with E-state index in [1.165, 1.54) is 12.1 Å². The summed E-state index contributed by atoms with van der Waals surface area (Å²) in [6.45, 7) is 0.361. The van der Waals surface area contributed by atoms with E-state index in [2.05, 4.69) is 5.32 Å². The number of benzene rings is 1. The van der Waals surface area contributed by atoms with Crippen LogP contribution in [-0.2, 0) is 16.0 Å². The Hall–Kier alpha value is -1.46. The van der Waals surface area contributed by atoms with Crippen LogP contribution in [0.1, 0.15) is 24.8 Å². The molecule has 114 valence electrons. The third kappa shape index (κ3) is 3.41. The Labute approximate surface area is 123 Å². The minimum Gasteiger partial charge on any atom is -0.390 e. The molecular weight excluding hydrogens is 273 g/mol. The summed E-state index contributed by atoms with van der Waals surface area (Å²) in [7, 11) is 0. The Bertz CT molecular complexity index is 505. The number of carbonyl (C=O) groups is 1. The third-order valence-electron chi connectivity index (χ3n) is 4.47. The van der Waals surface area contributed by atoms with Crippen molar-refractivity contribution in [2.24, 2.45) is 5.92 Å². The highest BCUT2D eigenvalue weighted by atomic mass is 19.1. The van der Waals surface area contributed by atoms with Gasteiger partial charge in [-0.15, -0.1) is 0 Å². The zero-order chi connectivity index (χ0) is 14.8. The number of carbonyl (C=O) groups excluding carboxylic acids is 1. The highest BCUT2D eigenvalue weighted by Gasteiger charge is 2.39. The van der Waals surface area contributed by atoms with Crippen LogP contribution in [0.5, 0.6) is 0 Å². The minimum absolute atomic E-state index is 0.00750. The summed E-state index contributed by atoms with van der Waals surface area (Å²) in [6.07, 6.45) is 2.52. The maximum absolute atomic E-state index is 12.8. The normalized spacial score (nSPS) is 31.7. The number of ether oxygens (including phenoxy) is 1. The molecule has 1 aromatic carbocycles. The largest absolute Gasteiger partial charge is 0.390 e. The molecule has 1 saturated carbocycles. The van der Waals surface area contributed by atoms with Gasteiger partial charge in [-0.25, -0.2) is 4.39 Å². The number of aliphatic hydroxyl groups is 1. The summed E-state index contributed by atoms with van der Waals surface area (Å²) < 4.78 is 18.4. The van der Waals surface area contributed by atoms with Crippen LogP contribution < -0.4 is 5.32 Å². The lowest BCUT2D eigenvalue weighted by molar-refractivity contribution is -0.132. The van der Waals surface area contributed by atoms with Gasteiger partial charge in [0.15, 0.2) is 0 Å². The predicted molar refractivity (Wildman–Crippen MR) is 75.1 cm³/mol. The van der Waals surface area contributed by atoms with Crippen LogP contribution >= 0.6 is 0 Å². The highest BCUT2D eigenvalue weighted by Crippen LogP contribution is 2.33.